The number of aryl methyl sites for hydroxylation is 1. The Morgan fingerprint density at radius 3 is 2.60 bits per heavy atom. The molecule has 0 saturated carbocycles. The lowest BCUT2D eigenvalue weighted by atomic mass is 10.0. The second kappa shape index (κ2) is 6.88. The molecule has 3 aromatic rings. The van der Waals surface area contributed by atoms with Crippen LogP contribution in [0.3, 0.4) is 0 Å². The van der Waals surface area contributed by atoms with E-state index >= 15 is 0 Å². The standard InChI is InChI=1S/C20H16N4S/c21-13-14-9-11-16(12-10-14)23-24-18-8-4-7-17-19(18)25-20(22-17)15-5-2-1-3-6-15/h1-3,5-6,9-12,23H,4,7-8H2. The number of hydrogen-bond donors (Lipinski definition) is 1. The van der Waals surface area contributed by atoms with Crippen LogP contribution in [0.15, 0.2) is 59.7 Å². The van der Waals surface area contributed by atoms with Crippen molar-refractivity contribution in [1.82, 2.24) is 4.98 Å². The number of anilines is 1. The van der Waals surface area contributed by atoms with Crippen LogP contribution < -0.4 is 5.43 Å². The van der Waals surface area contributed by atoms with Gasteiger partial charge in [-0.15, -0.1) is 11.3 Å². The minimum atomic E-state index is 0.646. The minimum Gasteiger partial charge on any atom is -0.278 e. The first-order chi connectivity index (χ1) is 12.3. The fourth-order valence-electron chi connectivity index (χ4n) is 2.85. The van der Waals surface area contributed by atoms with Gasteiger partial charge in [0.1, 0.15) is 5.01 Å². The number of nitrogens with zero attached hydrogens (tertiary/aromatic N) is 3. The van der Waals surface area contributed by atoms with Crippen LogP contribution in [-0.2, 0) is 6.42 Å². The molecule has 1 aliphatic rings. The molecule has 0 saturated heterocycles. The molecule has 1 aliphatic carbocycles. The van der Waals surface area contributed by atoms with Gasteiger partial charge in [0, 0.05) is 5.56 Å². The van der Waals surface area contributed by atoms with Crippen LogP contribution in [0, 0.1) is 11.3 Å². The average molecular weight is 344 g/mol. The molecule has 4 nitrogen and oxygen atoms in total. The number of aromatic nitrogens is 1. The molecule has 0 unspecified atom stereocenters. The minimum absolute atomic E-state index is 0.646. The predicted molar refractivity (Wildman–Crippen MR) is 102 cm³/mol. The monoisotopic (exact) mass is 344 g/mol. The molecule has 0 aliphatic heterocycles. The number of benzene rings is 2. The molecule has 1 N–H and O–H groups in total. The summed E-state index contributed by atoms with van der Waals surface area (Å²) in [5, 5.41) is 14.5. The van der Waals surface area contributed by atoms with Crippen molar-refractivity contribution in [3.05, 3.63) is 70.7 Å². The van der Waals surface area contributed by atoms with E-state index in [9.17, 15) is 0 Å². The maximum Gasteiger partial charge on any atom is 0.124 e. The van der Waals surface area contributed by atoms with Crippen LogP contribution in [0.25, 0.3) is 10.6 Å². The first kappa shape index (κ1) is 15.6. The maximum absolute atomic E-state index is 8.86. The van der Waals surface area contributed by atoms with Gasteiger partial charge in [-0.2, -0.15) is 10.4 Å². The summed E-state index contributed by atoms with van der Waals surface area (Å²) in [5.41, 5.74) is 8.00. The van der Waals surface area contributed by atoms with Gasteiger partial charge in [0.05, 0.1) is 33.6 Å². The third-order valence-electron chi connectivity index (χ3n) is 4.14. The van der Waals surface area contributed by atoms with Crippen LogP contribution >= 0.6 is 11.3 Å². The van der Waals surface area contributed by atoms with E-state index < -0.39 is 0 Å². The zero-order valence-electron chi connectivity index (χ0n) is 13.6. The van der Waals surface area contributed by atoms with E-state index in [0.29, 0.717) is 5.56 Å². The van der Waals surface area contributed by atoms with Gasteiger partial charge in [-0.3, -0.25) is 5.43 Å². The lowest BCUT2D eigenvalue weighted by molar-refractivity contribution is 0.819. The van der Waals surface area contributed by atoms with Gasteiger partial charge in [0.2, 0.25) is 0 Å². The SMILES string of the molecule is N#Cc1ccc(NN=C2CCCc3nc(-c4ccccc4)sc32)cc1. The molecular weight excluding hydrogens is 328 g/mol. The summed E-state index contributed by atoms with van der Waals surface area (Å²) >= 11 is 1.71. The Balaban J connectivity index is 1.60. The highest BCUT2D eigenvalue weighted by Crippen LogP contribution is 2.33. The van der Waals surface area contributed by atoms with Crippen molar-refractivity contribution in [3.63, 3.8) is 0 Å². The largest absolute Gasteiger partial charge is 0.278 e. The molecule has 1 heterocycles. The Kier molecular flexibility index (Phi) is 4.28. The molecule has 0 atom stereocenters. The van der Waals surface area contributed by atoms with Crippen molar-refractivity contribution in [2.45, 2.75) is 19.3 Å². The molecule has 1 aromatic heterocycles. The van der Waals surface area contributed by atoms with Crippen molar-refractivity contribution in [2.75, 3.05) is 5.43 Å². The Labute approximate surface area is 150 Å². The third kappa shape index (κ3) is 3.30. The molecular formula is C20H16N4S. The molecule has 0 bridgehead atoms. The smallest absolute Gasteiger partial charge is 0.124 e. The fourth-order valence-corrected chi connectivity index (χ4v) is 3.98. The van der Waals surface area contributed by atoms with Crippen molar-refractivity contribution >= 4 is 22.7 Å². The molecule has 5 heteroatoms. The Hall–Kier alpha value is -2.97. The van der Waals surface area contributed by atoms with Crippen LogP contribution in [0.1, 0.15) is 29.0 Å². The van der Waals surface area contributed by atoms with Crippen molar-refractivity contribution in [1.29, 1.82) is 5.26 Å². The molecule has 122 valence electrons. The van der Waals surface area contributed by atoms with Crippen molar-refractivity contribution < 1.29 is 0 Å². The van der Waals surface area contributed by atoms with Gasteiger partial charge in [-0.1, -0.05) is 30.3 Å². The molecule has 0 spiro atoms. The van der Waals surface area contributed by atoms with Crippen molar-refractivity contribution in [2.24, 2.45) is 5.10 Å². The zero-order valence-corrected chi connectivity index (χ0v) is 14.4. The Morgan fingerprint density at radius 2 is 1.84 bits per heavy atom. The predicted octanol–water partition coefficient (Wildman–Crippen LogP) is 4.83. The van der Waals surface area contributed by atoms with Crippen LogP contribution in [0.2, 0.25) is 0 Å². The first-order valence-corrected chi connectivity index (χ1v) is 9.03. The number of nitriles is 1. The normalized spacial score (nSPS) is 14.8. The second-order valence-corrected chi connectivity index (χ2v) is 6.87. The van der Waals surface area contributed by atoms with E-state index in [1.807, 2.05) is 30.3 Å². The lowest BCUT2D eigenvalue weighted by Crippen LogP contribution is -2.11. The number of thiazole rings is 1. The van der Waals surface area contributed by atoms with Crippen LogP contribution in [0.4, 0.5) is 5.69 Å². The third-order valence-corrected chi connectivity index (χ3v) is 5.34. The van der Waals surface area contributed by atoms with E-state index in [1.165, 1.54) is 4.88 Å². The summed E-state index contributed by atoms with van der Waals surface area (Å²) in [6.45, 7) is 0. The highest BCUT2D eigenvalue weighted by Gasteiger charge is 2.21. The summed E-state index contributed by atoms with van der Waals surface area (Å²) in [4.78, 5) is 6.01. The number of hydrogen-bond acceptors (Lipinski definition) is 5. The van der Waals surface area contributed by atoms with E-state index in [4.69, 9.17) is 10.2 Å². The van der Waals surface area contributed by atoms with Crippen LogP contribution in [0.5, 0.6) is 0 Å². The number of rotatable bonds is 3. The van der Waals surface area contributed by atoms with E-state index in [2.05, 4.69) is 28.7 Å². The second-order valence-electron chi connectivity index (χ2n) is 5.87. The topological polar surface area (TPSA) is 61.1 Å². The van der Waals surface area contributed by atoms with Gasteiger partial charge in [0.15, 0.2) is 0 Å². The van der Waals surface area contributed by atoms with Crippen LogP contribution in [-0.4, -0.2) is 10.7 Å². The van der Waals surface area contributed by atoms with Gasteiger partial charge in [0.25, 0.3) is 0 Å². The zero-order chi connectivity index (χ0) is 17.1. The molecule has 0 amide bonds. The van der Waals surface area contributed by atoms with Gasteiger partial charge in [-0.25, -0.2) is 4.98 Å². The quantitative estimate of drug-likeness (QED) is 0.692. The van der Waals surface area contributed by atoms with Crippen molar-refractivity contribution in [3.8, 4) is 16.6 Å². The maximum atomic E-state index is 8.86. The number of nitrogens with one attached hydrogen (secondary N) is 1. The summed E-state index contributed by atoms with van der Waals surface area (Å²) in [6.07, 6.45) is 3.03. The van der Waals surface area contributed by atoms with E-state index in [0.717, 1.165) is 46.9 Å². The van der Waals surface area contributed by atoms with E-state index in [-0.39, 0.29) is 0 Å². The summed E-state index contributed by atoms with van der Waals surface area (Å²) in [6, 6.07) is 19.7. The highest BCUT2D eigenvalue weighted by atomic mass is 32.1. The average Bonchev–Trinajstić information content (AvgIpc) is 3.12. The number of hydrazone groups is 1. The highest BCUT2D eigenvalue weighted by molar-refractivity contribution is 7.17. The molecule has 0 radical (unpaired) electrons. The Morgan fingerprint density at radius 1 is 1.04 bits per heavy atom. The number of fused-ring (bicyclic) bond motifs is 1. The van der Waals surface area contributed by atoms with Gasteiger partial charge in [-0.05, 0) is 43.5 Å². The summed E-state index contributed by atoms with van der Waals surface area (Å²) in [5.74, 6) is 0. The van der Waals surface area contributed by atoms with Gasteiger partial charge < -0.3 is 0 Å². The Bertz CT molecular complexity index is 950. The molecule has 4 rings (SSSR count). The molecule has 2 aromatic carbocycles. The molecule has 25 heavy (non-hydrogen) atoms. The first-order valence-electron chi connectivity index (χ1n) is 8.22. The van der Waals surface area contributed by atoms with Gasteiger partial charge >= 0.3 is 0 Å². The fraction of sp³-hybridized carbons (Fsp3) is 0.150. The molecule has 0 fully saturated rings. The summed E-state index contributed by atoms with van der Waals surface area (Å²) < 4.78 is 0. The van der Waals surface area contributed by atoms with E-state index in [1.54, 1.807) is 23.5 Å². The lowest BCUT2D eigenvalue weighted by Gasteiger charge is -2.12. The summed E-state index contributed by atoms with van der Waals surface area (Å²) in [7, 11) is 0.